The fraction of sp³-hybridized carbons (Fsp3) is 0.353. The maximum atomic E-state index is 10.3. The molecule has 1 aliphatic heterocycles. The van der Waals surface area contributed by atoms with Crippen molar-refractivity contribution >= 4 is 38.6 Å². The Labute approximate surface area is 158 Å². The van der Waals surface area contributed by atoms with Crippen LogP contribution in [0.2, 0.25) is 0 Å². The summed E-state index contributed by atoms with van der Waals surface area (Å²) in [7, 11) is 1.50. The molecule has 0 bridgehead atoms. The first-order valence-electron chi connectivity index (χ1n) is 8.32. The van der Waals surface area contributed by atoms with Gasteiger partial charge in [0.25, 0.3) is 0 Å². The molecule has 0 aliphatic carbocycles. The molecule has 0 amide bonds. The molecule has 1 aliphatic rings. The number of hydrogen-bond donors (Lipinski definition) is 2. The zero-order chi connectivity index (χ0) is 18.1. The lowest BCUT2D eigenvalue weighted by atomic mass is 10.2. The van der Waals surface area contributed by atoms with Gasteiger partial charge < -0.3 is 19.9 Å². The summed E-state index contributed by atoms with van der Waals surface area (Å²) in [5, 5.41) is 13.4. The minimum atomic E-state index is -0.0753. The SMILES string of the molecule is COc1cccc(Nc2nc(Br)nc3c2ncn3C2CCCCO2)c1O. The molecular formula is C17H18BrN5O3. The van der Waals surface area contributed by atoms with E-state index < -0.39 is 0 Å². The first-order chi connectivity index (χ1) is 12.7. The maximum absolute atomic E-state index is 10.3. The zero-order valence-electron chi connectivity index (χ0n) is 14.1. The Hall–Kier alpha value is -2.39. The van der Waals surface area contributed by atoms with Crippen LogP contribution in [0.25, 0.3) is 11.2 Å². The van der Waals surface area contributed by atoms with E-state index in [0.29, 0.717) is 33.2 Å². The third-order valence-electron chi connectivity index (χ3n) is 4.33. The van der Waals surface area contributed by atoms with E-state index >= 15 is 0 Å². The van der Waals surface area contributed by atoms with Gasteiger partial charge in [-0.15, -0.1) is 0 Å². The lowest BCUT2D eigenvalue weighted by Crippen LogP contribution is -2.17. The van der Waals surface area contributed by atoms with E-state index in [1.807, 2.05) is 4.57 Å². The lowest BCUT2D eigenvalue weighted by molar-refractivity contribution is -0.0298. The predicted molar refractivity (Wildman–Crippen MR) is 99.8 cm³/mol. The number of halogens is 1. The molecule has 8 nitrogen and oxygen atoms in total. The summed E-state index contributed by atoms with van der Waals surface area (Å²) < 4.78 is 13.3. The van der Waals surface area contributed by atoms with Gasteiger partial charge in [0.1, 0.15) is 6.23 Å². The Morgan fingerprint density at radius 1 is 1.35 bits per heavy atom. The Balaban J connectivity index is 1.75. The summed E-state index contributed by atoms with van der Waals surface area (Å²) in [6.45, 7) is 0.735. The molecule has 1 saturated heterocycles. The molecule has 0 saturated carbocycles. The number of rotatable bonds is 4. The van der Waals surface area contributed by atoms with Crippen molar-refractivity contribution in [3.8, 4) is 11.5 Å². The quantitative estimate of drug-likeness (QED) is 0.491. The number of ether oxygens (including phenoxy) is 2. The van der Waals surface area contributed by atoms with Crippen molar-refractivity contribution in [1.82, 2.24) is 19.5 Å². The van der Waals surface area contributed by atoms with E-state index in [1.54, 1.807) is 24.5 Å². The highest BCUT2D eigenvalue weighted by Crippen LogP contribution is 2.36. The number of aromatic nitrogens is 4. The number of nitrogens with zero attached hydrogens (tertiary/aromatic N) is 4. The van der Waals surface area contributed by atoms with Crippen LogP contribution in [0.5, 0.6) is 11.5 Å². The number of anilines is 2. The van der Waals surface area contributed by atoms with Crippen molar-refractivity contribution in [2.75, 3.05) is 19.0 Å². The summed E-state index contributed by atoms with van der Waals surface area (Å²) in [5.74, 6) is 0.869. The van der Waals surface area contributed by atoms with Gasteiger partial charge in [-0.3, -0.25) is 4.57 Å². The normalized spacial score (nSPS) is 17.4. The van der Waals surface area contributed by atoms with Gasteiger partial charge in [-0.1, -0.05) is 6.07 Å². The number of phenols is 1. The van der Waals surface area contributed by atoms with Gasteiger partial charge in [0.05, 0.1) is 19.1 Å². The topological polar surface area (TPSA) is 94.3 Å². The molecule has 3 aromatic rings. The predicted octanol–water partition coefficient (Wildman–Crippen LogP) is 3.75. The third kappa shape index (κ3) is 3.08. The second kappa shape index (κ2) is 7.08. The minimum Gasteiger partial charge on any atom is -0.503 e. The van der Waals surface area contributed by atoms with E-state index in [2.05, 4.69) is 36.2 Å². The molecule has 3 heterocycles. The number of fused-ring (bicyclic) bond motifs is 1. The third-order valence-corrected chi connectivity index (χ3v) is 4.69. The van der Waals surface area contributed by atoms with Crippen LogP contribution in [0, 0.1) is 0 Å². The van der Waals surface area contributed by atoms with Crippen LogP contribution < -0.4 is 10.1 Å². The fourth-order valence-corrected chi connectivity index (χ4v) is 3.39. The highest BCUT2D eigenvalue weighted by atomic mass is 79.9. The van der Waals surface area contributed by atoms with Gasteiger partial charge in [0.15, 0.2) is 28.5 Å². The van der Waals surface area contributed by atoms with Crippen LogP contribution >= 0.6 is 15.9 Å². The van der Waals surface area contributed by atoms with Crippen LogP contribution in [-0.4, -0.2) is 38.3 Å². The summed E-state index contributed by atoms with van der Waals surface area (Å²) in [4.78, 5) is 13.3. The number of phenolic OH excluding ortho intramolecular Hbond substituents is 1. The van der Waals surface area contributed by atoms with E-state index in [4.69, 9.17) is 9.47 Å². The number of hydrogen-bond acceptors (Lipinski definition) is 7. The van der Waals surface area contributed by atoms with Crippen molar-refractivity contribution in [3.05, 3.63) is 29.3 Å². The summed E-state index contributed by atoms with van der Waals surface area (Å²) in [5.41, 5.74) is 1.74. The molecule has 1 atom stereocenters. The van der Waals surface area contributed by atoms with Crippen molar-refractivity contribution in [2.45, 2.75) is 25.5 Å². The van der Waals surface area contributed by atoms with Gasteiger partial charge in [0, 0.05) is 6.61 Å². The molecule has 0 spiro atoms. The minimum absolute atomic E-state index is 0.00734. The molecule has 4 rings (SSSR count). The van der Waals surface area contributed by atoms with Crippen LogP contribution in [0.15, 0.2) is 29.3 Å². The molecule has 2 aromatic heterocycles. The molecule has 26 heavy (non-hydrogen) atoms. The van der Waals surface area contributed by atoms with E-state index in [0.717, 1.165) is 25.9 Å². The number of nitrogens with one attached hydrogen (secondary N) is 1. The molecule has 1 unspecified atom stereocenters. The van der Waals surface area contributed by atoms with Gasteiger partial charge in [-0.2, -0.15) is 0 Å². The smallest absolute Gasteiger partial charge is 0.200 e. The highest BCUT2D eigenvalue weighted by Gasteiger charge is 2.21. The van der Waals surface area contributed by atoms with Crippen molar-refractivity contribution in [1.29, 1.82) is 0 Å². The second-order valence-electron chi connectivity index (χ2n) is 5.97. The Morgan fingerprint density at radius 3 is 3.00 bits per heavy atom. The van der Waals surface area contributed by atoms with Gasteiger partial charge in [-0.05, 0) is 47.3 Å². The Bertz CT molecular complexity index is 940. The number of imidazole rings is 1. The van der Waals surface area contributed by atoms with Crippen LogP contribution in [0.3, 0.4) is 0 Å². The molecule has 1 fully saturated rings. The van der Waals surface area contributed by atoms with Crippen LogP contribution in [-0.2, 0) is 4.74 Å². The van der Waals surface area contributed by atoms with Gasteiger partial charge >= 0.3 is 0 Å². The summed E-state index contributed by atoms with van der Waals surface area (Å²) >= 11 is 3.35. The number of para-hydroxylation sites is 1. The lowest BCUT2D eigenvalue weighted by Gasteiger charge is -2.23. The number of methoxy groups -OCH3 is 1. The molecule has 0 radical (unpaired) electrons. The molecule has 2 N–H and O–H groups in total. The Morgan fingerprint density at radius 2 is 2.23 bits per heavy atom. The van der Waals surface area contributed by atoms with E-state index in [-0.39, 0.29) is 12.0 Å². The first-order valence-corrected chi connectivity index (χ1v) is 9.11. The van der Waals surface area contributed by atoms with Crippen LogP contribution in [0.4, 0.5) is 11.5 Å². The van der Waals surface area contributed by atoms with Gasteiger partial charge in [0.2, 0.25) is 4.73 Å². The molecule has 136 valence electrons. The maximum Gasteiger partial charge on any atom is 0.200 e. The number of aromatic hydroxyl groups is 1. The average molecular weight is 420 g/mol. The number of benzene rings is 1. The largest absolute Gasteiger partial charge is 0.503 e. The average Bonchev–Trinajstić information content (AvgIpc) is 3.08. The van der Waals surface area contributed by atoms with Crippen molar-refractivity contribution < 1.29 is 14.6 Å². The summed E-state index contributed by atoms with van der Waals surface area (Å²) in [6, 6.07) is 5.20. The molecule has 9 heteroatoms. The first kappa shape index (κ1) is 17.0. The molecule has 1 aromatic carbocycles. The van der Waals surface area contributed by atoms with Crippen molar-refractivity contribution in [3.63, 3.8) is 0 Å². The Kier molecular flexibility index (Phi) is 4.64. The zero-order valence-corrected chi connectivity index (χ0v) is 15.7. The summed E-state index contributed by atoms with van der Waals surface area (Å²) in [6.07, 6.45) is 4.75. The van der Waals surface area contributed by atoms with E-state index in [1.165, 1.54) is 7.11 Å². The fourth-order valence-electron chi connectivity index (χ4n) is 3.05. The van der Waals surface area contributed by atoms with Crippen LogP contribution in [0.1, 0.15) is 25.5 Å². The van der Waals surface area contributed by atoms with E-state index in [9.17, 15) is 5.11 Å². The molecular weight excluding hydrogens is 402 g/mol. The second-order valence-corrected chi connectivity index (χ2v) is 6.68. The monoisotopic (exact) mass is 419 g/mol. The van der Waals surface area contributed by atoms with Gasteiger partial charge in [-0.25, -0.2) is 15.0 Å². The highest BCUT2D eigenvalue weighted by molar-refractivity contribution is 9.10. The van der Waals surface area contributed by atoms with Crippen molar-refractivity contribution in [2.24, 2.45) is 0 Å². The standard InChI is InChI=1S/C17H18BrN5O3/c1-25-11-6-4-5-10(14(11)24)20-15-13-16(22-17(18)21-15)23(9-19-13)12-7-2-3-8-26-12/h4-6,9,12,24H,2-3,7-8H2,1H3,(H,20,21,22).